The number of aryl methyl sites for hydroxylation is 2. The first-order valence-electron chi connectivity index (χ1n) is 8.06. The Morgan fingerprint density at radius 1 is 1.38 bits per heavy atom. The number of rotatable bonds is 4. The molecular formula is C18H21N3O2S. The quantitative estimate of drug-likeness (QED) is 0.927. The Morgan fingerprint density at radius 2 is 2.17 bits per heavy atom. The topological polar surface area (TPSA) is 76.3 Å². The number of hydrogen-bond acceptors (Lipinski definition) is 4. The highest BCUT2D eigenvalue weighted by atomic mass is 32.1. The van der Waals surface area contributed by atoms with Crippen LogP contribution in [0.5, 0.6) is 0 Å². The maximum absolute atomic E-state index is 12.7. The van der Waals surface area contributed by atoms with E-state index in [1.165, 1.54) is 11.3 Å². The minimum atomic E-state index is -0.406. The lowest BCUT2D eigenvalue weighted by atomic mass is 9.97. The molecule has 1 saturated heterocycles. The van der Waals surface area contributed by atoms with Crippen LogP contribution in [0.2, 0.25) is 0 Å². The maximum Gasteiger partial charge on any atom is 0.265 e. The van der Waals surface area contributed by atoms with Crippen molar-refractivity contribution in [3.05, 3.63) is 51.0 Å². The minimum absolute atomic E-state index is 0.0893. The van der Waals surface area contributed by atoms with Gasteiger partial charge in [-0.1, -0.05) is 12.1 Å². The van der Waals surface area contributed by atoms with Crippen molar-refractivity contribution in [2.24, 2.45) is 11.7 Å². The average Bonchev–Trinajstić information content (AvgIpc) is 3.13. The van der Waals surface area contributed by atoms with Gasteiger partial charge in [-0.25, -0.2) is 4.98 Å². The molecule has 1 unspecified atom stereocenters. The second-order valence-electron chi connectivity index (χ2n) is 6.32. The Labute approximate surface area is 145 Å². The number of aromatic nitrogens is 1. The molecule has 24 heavy (non-hydrogen) atoms. The van der Waals surface area contributed by atoms with E-state index in [1.54, 1.807) is 6.07 Å². The zero-order valence-corrected chi connectivity index (χ0v) is 14.7. The van der Waals surface area contributed by atoms with Gasteiger partial charge in [0, 0.05) is 18.7 Å². The van der Waals surface area contributed by atoms with Gasteiger partial charge in [0.15, 0.2) is 0 Å². The molecule has 2 heterocycles. The molecule has 0 saturated carbocycles. The number of carbonyl (C=O) groups excluding carboxylic acids is 2. The number of carbonyl (C=O) groups is 2. The molecule has 1 aliphatic heterocycles. The van der Waals surface area contributed by atoms with Gasteiger partial charge < -0.3 is 10.6 Å². The number of hydrogen-bond donors (Lipinski definition) is 1. The molecule has 2 aromatic rings. The van der Waals surface area contributed by atoms with E-state index in [9.17, 15) is 9.59 Å². The van der Waals surface area contributed by atoms with Crippen LogP contribution < -0.4 is 5.73 Å². The van der Waals surface area contributed by atoms with Gasteiger partial charge in [-0.15, -0.1) is 11.3 Å². The summed E-state index contributed by atoms with van der Waals surface area (Å²) >= 11 is 1.47. The van der Waals surface area contributed by atoms with Crippen LogP contribution in [0.3, 0.4) is 0 Å². The molecule has 5 nitrogen and oxygen atoms in total. The maximum atomic E-state index is 12.7. The fraction of sp³-hybridized carbons (Fsp3) is 0.389. The summed E-state index contributed by atoms with van der Waals surface area (Å²) in [6.07, 6.45) is 1.83. The van der Waals surface area contributed by atoms with E-state index in [-0.39, 0.29) is 5.91 Å². The lowest BCUT2D eigenvalue weighted by Gasteiger charge is -2.16. The molecule has 1 aromatic carbocycles. The third-order valence-corrected chi connectivity index (χ3v) is 5.47. The number of thiazole rings is 1. The normalized spacial score (nSPS) is 17.2. The van der Waals surface area contributed by atoms with Gasteiger partial charge in [0.1, 0.15) is 4.88 Å². The highest BCUT2D eigenvalue weighted by Gasteiger charge is 2.29. The van der Waals surface area contributed by atoms with Crippen LogP contribution in [0, 0.1) is 19.8 Å². The van der Waals surface area contributed by atoms with Crippen LogP contribution in [-0.4, -0.2) is 34.8 Å². The van der Waals surface area contributed by atoms with E-state index in [1.807, 2.05) is 36.9 Å². The number of likely N-dealkylation sites (tertiary alicyclic amines) is 1. The molecule has 3 rings (SSSR count). The third-order valence-electron chi connectivity index (χ3n) is 4.41. The summed E-state index contributed by atoms with van der Waals surface area (Å²) < 4.78 is 0. The second kappa shape index (κ2) is 6.73. The van der Waals surface area contributed by atoms with E-state index in [0.717, 1.165) is 47.1 Å². The highest BCUT2D eigenvalue weighted by molar-refractivity contribution is 7.13. The Kier molecular flexibility index (Phi) is 4.66. The van der Waals surface area contributed by atoms with E-state index in [0.29, 0.717) is 11.5 Å². The molecule has 1 aromatic heterocycles. The van der Waals surface area contributed by atoms with Crippen LogP contribution in [0.25, 0.3) is 0 Å². The smallest absolute Gasteiger partial charge is 0.265 e. The lowest BCUT2D eigenvalue weighted by Crippen LogP contribution is -2.28. The van der Waals surface area contributed by atoms with Crippen molar-refractivity contribution in [1.82, 2.24) is 9.88 Å². The molecule has 0 bridgehead atoms. The zero-order chi connectivity index (χ0) is 17.3. The number of primary amides is 1. The van der Waals surface area contributed by atoms with Crippen molar-refractivity contribution in [2.75, 3.05) is 13.1 Å². The van der Waals surface area contributed by atoms with Crippen molar-refractivity contribution in [3.8, 4) is 0 Å². The Morgan fingerprint density at radius 3 is 2.83 bits per heavy atom. The summed E-state index contributed by atoms with van der Waals surface area (Å²) in [6.45, 7) is 5.33. The molecule has 2 amide bonds. The van der Waals surface area contributed by atoms with E-state index in [2.05, 4.69) is 4.98 Å². The van der Waals surface area contributed by atoms with Gasteiger partial charge in [-0.05, 0) is 50.3 Å². The van der Waals surface area contributed by atoms with Crippen molar-refractivity contribution < 1.29 is 9.59 Å². The Balaban J connectivity index is 1.65. The zero-order valence-electron chi connectivity index (χ0n) is 13.9. The predicted octanol–water partition coefficient (Wildman–Crippen LogP) is 2.56. The first-order chi connectivity index (χ1) is 11.4. The second-order valence-corrected chi connectivity index (χ2v) is 7.53. The fourth-order valence-electron chi connectivity index (χ4n) is 3.24. The van der Waals surface area contributed by atoms with Gasteiger partial charge in [0.2, 0.25) is 5.91 Å². The largest absolute Gasteiger partial charge is 0.366 e. The Hall–Kier alpha value is -2.21. The minimum Gasteiger partial charge on any atom is -0.366 e. The average molecular weight is 343 g/mol. The summed E-state index contributed by atoms with van der Waals surface area (Å²) in [5.74, 6) is 0.0917. The monoisotopic (exact) mass is 343 g/mol. The predicted molar refractivity (Wildman–Crippen MR) is 94.3 cm³/mol. The molecule has 0 aliphatic carbocycles. The van der Waals surface area contributed by atoms with Gasteiger partial charge in [-0.2, -0.15) is 0 Å². The summed E-state index contributed by atoms with van der Waals surface area (Å²) in [4.78, 5) is 31.0. The molecule has 2 N–H and O–H groups in total. The fourth-order valence-corrected chi connectivity index (χ4v) is 4.13. The molecule has 1 atom stereocenters. The molecule has 126 valence electrons. The molecule has 0 radical (unpaired) electrons. The van der Waals surface area contributed by atoms with Crippen LogP contribution in [0.4, 0.5) is 0 Å². The van der Waals surface area contributed by atoms with E-state index < -0.39 is 5.91 Å². The van der Waals surface area contributed by atoms with E-state index in [4.69, 9.17) is 5.73 Å². The van der Waals surface area contributed by atoms with Crippen LogP contribution in [-0.2, 0) is 6.42 Å². The summed E-state index contributed by atoms with van der Waals surface area (Å²) in [6, 6.07) is 7.44. The van der Waals surface area contributed by atoms with Crippen LogP contribution >= 0.6 is 11.3 Å². The molecular weight excluding hydrogens is 322 g/mol. The first kappa shape index (κ1) is 16.6. The number of nitrogens with two attached hydrogens (primary N) is 1. The molecule has 1 aliphatic rings. The van der Waals surface area contributed by atoms with E-state index >= 15 is 0 Å². The van der Waals surface area contributed by atoms with Gasteiger partial charge >= 0.3 is 0 Å². The lowest BCUT2D eigenvalue weighted by molar-refractivity contribution is 0.0790. The standard InChI is InChI=1S/C18H21N3O2S/c1-11-16(24-12(2)20-11)18(23)21-7-6-14(10-21)8-13-4-3-5-15(9-13)17(19)22/h3-5,9,14H,6-8,10H2,1-2H3,(H2,19,22). The van der Waals surface area contributed by atoms with Crippen molar-refractivity contribution in [3.63, 3.8) is 0 Å². The van der Waals surface area contributed by atoms with Crippen molar-refractivity contribution in [1.29, 1.82) is 0 Å². The van der Waals surface area contributed by atoms with Crippen LogP contribution in [0.1, 0.15) is 42.7 Å². The Bertz CT molecular complexity index is 784. The van der Waals surface area contributed by atoms with Crippen molar-refractivity contribution in [2.45, 2.75) is 26.7 Å². The number of amides is 2. The summed E-state index contributed by atoms with van der Waals surface area (Å²) in [7, 11) is 0. The highest BCUT2D eigenvalue weighted by Crippen LogP contribution is 2.26. The third kappa shape index (κ3) is 3.48. The number of benzene rings is 1. The molecule has 0 spiro atoms. The van der Waals surface area contributed by atoms with Gasteiger partial charge in [0.05, 0.1) is 10.7 Å². The number of nitrogens with zero attached hydrogens (tertiary/aromatic N) is 2. The van der Waals surface area contributed by atoms with Crippen molar-refractivity contribution >= 4 is 23.2 Å². The van der Waals surface area contributed by atoms with Gasteiger partial charge in [0.25, 0.3) is 5.91 Å². The van der Waals surface area contributed by atoms with Crippen LogP contribution in [0.15, 0.2) is 24.3 Å². The summed E-state index contributed by atoms with van der Waals surface area (Å²) in [5.41, 5.74) is 7.79. The molecule has 1 fully saturated rings. The summed E-state index contributed by atoms with van der Waals surface area (Å²) in [5, 5.41) is 0.926. The first-order valence-corrected chi connectivity index (χ1v) is 8.87. The SMILES string of the molecule is Cc1nc(C)c(C(=O)N2CCC(Cc3cccc(C(N)=O)c3)C2)s1. The molecule has 6 heteroatoms. The van der Waals surface area contributed by atoms with Gasteiger partial charge in [-0.3, -0.25) is 9.59 Å².